The van der Waals surface area contributed by atoms with E-state index in [1.165, 1.54) is 11.8 Å². The van der Waals surface area contributed by atoms with Gasteiger partial charge < -0.3 is 0 Å². The summed E-state index contributed by atoms with van der Waals surface area (Å²) in [6.07, 6.45) is 5.29. The first kappa shape index (κ1) is 11.9. The van der Waals surface area contributed by atoms with Gasteiger partial charge in [-0.05, 0) is 31.2 Å². The zero-order valence-electron chi connectivity index (χ0n) is 9.40. The highest BCUT2D eigenvalue weighted by Gasteiger charge is 2.29. The number of hydrazine groups is 1. The monoisotopic (exact) mass is 251 g/mol. The van der Waals surface area contributed by atoms with E-state index in [1.807, 2.05) is 6.26 Å². The van der Waals surface area contributed by atoms with Gasteiger partial charge in [0, 0.05) is 12.1 Å². The van der Waals surface area contributed by atoms with Crippen LogP contribution in [0.2, 0.25) is 0 Å². The number of aromatic nitrogens is 1. The van der Waals surface area contributed by atoms with Gasteiger partial charge in [0.05, 0.1) is 5.56 Å². The van der Waals surface area contributed by atoms with Gasteiger partial charge in [0.25, 0.3) is 5.91 Å². The van der Waals surface area contributed by atoms with Crippen LogP contribution in [-0.4, -0.2) is 23.1 Å². The fourth-order valence-electron chi connectivity index (χ4n) is 1.36. The van der Waals surface area contributed by atoms with Crippen molar-refractivity contribution in [3.8, 4) is 0 Å². The molecule has 0 aromatic carbocycles. The van der Waals surface area contributed by atoms with Gasteiger partial charge in [0.2, 0.25) is 5.91 Å². The second kappa shape index (κ2) is 5.18. The van der Waals surface area contributed by atoms with E-state index >= 15 is 0 Å². The molecule has 6 heteroatoms. The largest absolute Gasteiger partial charge is 0.273 e. The van der Waals surface area contributed by atoms with Gasteiger partial charge in [0.15, 0.2) is 0 Å². The van der Waals surface area contributed by atoms with E-state index in [0.717, 1.165) is 12.8 Å². The lowest BCUT2D eigenvalue weighted by atomic mass is 10.3. The minimum atomic E-state index is -0.337. The molecule has 0 bridgehead atoms. The quantitative estimate of drug-likeness (QED) is 0.620. The van der Waals surface area contributed by atoms with Gasteiger partial charge in [-0.1, -0.05) is 0 Å². The van der Waals surface area contributed by atoms with Crippen molar-refractivity contribution in [3.63, 3.8) is 0 Å². The summed E-state index contributed by atoms with van der Waals surface area (Å²) in [5.74, 6) is -0.381. The van der Waals surface area contributed by atoms with Gasteiger partial charge >= 0.3 is 0 Å². The third kappa shape index (κ3) is 2.97. The predicted molar refractivity (Wildman–Crippen MR) is 64.4 cm³/mol. The summed E-state index contributed by atoms with van der Waals surface area (Å²) in [5.41, 5.74) is 5.29. The fourth-order valence-corrected chi connectivity index (χ4v) is 1.91. The van der Waals surface area contributed by atoms with E-state index < -0.39 is 0 Å². The minimum Gasteiger partial charge on any atom is -0.273 e. The first-order valence-electron chi connectivity index (χ1n) is 5.31. The fraction of sp³-hybridized carbons (Fsp3) is 0.364. The number of hydrogen-bond acceptors (Lipinski definition) is 4. The number of pyridine rings is 1. The first-order valence-corrected chi connectivity index (χ1v) is 6.54. The van der Waals surface area contributed by atoms with Gasteiger partial charge in [-0.2, -0.15) is 0 Å². The highest BCUT2D eigenvalue weighted by molar-refractivity contribution is 7.98. The average molecular weight is 251 g/mol. The maximum atomic E-state index is 11.8. The maximum Gasteiger partial charge on any atom is 0.272 e. The van der Waals surface area contributed by atoms with E-state index in [1.54, 1.807) is 18.3 Å². The predicted octanol–water partition coefficient (Wildman–Crippen LogP) is 0.975. The van der Waals surface area contributed by atoms with E-state index in [-0.39, 0.29) is 17.7 Å². The first-order chi connectivity index (χ1) is 8.22. The van der Waals surface area contributed by atoms with Crippen molar-refractivity contribution in [2.75, 3.05) is 6.26 Å². The number of amides is 2. The SMILES string of the molecule is CSc1ncccc1C(=O)NNC(=O)C1CC1. The Balaban J connectivity index is 1.96. The van der Waals surface area contributed by atoms with Crippen LogP contribution in [-0.2, 0) is 4.79 Å². The standard InChI is InChI=1S/C11H13N3O2S/c1-17-11-8(3-2-6-12-11)10(16)14-13-9(15)7-4-5-7/h2-3,6-7H,4-5H2,1H3,(H,13,15)(H,14,16). The zero-order valence-corrected chi connectivity index (χ0v) is 10.2. The van der Waals surface area contributed by atoms with Gasteiger partial charge in [0.1, 0.15) is 5.03 Å². The lowest BCUT2D eigenvalue weighted by molar-refractivity contribution is -0.123. The van der Waals surface area contributed by atoms with E-state index in [4.69, 9.17) is 0 Å². The molecule has 1 saturated carbocycles. The molecule has 1 aliphatic rings. The van der Waals surface area contributed by atoms with Crippen molar-refractivity contribution in [1.29, 1.82) is 0 Å². The summed E-state index contributed by atoms with van der Waals surface area (Å²) < 4.78 is 0. The van der Waals surface area contributed by atoms with Crippen molar-refractivity contribution < 1.29 is 9.59 Å². The van der Waals surface area contributed by atoms with E-state index in [9.17, 15) is 9.59 Å². The molecule has 2 rings (SSSR count). The molecule has 1 aliphatic carbocycles. The topological polar surface area (TPSA) is 71.1 Å². The van der Waals surface area contributed by atoms with Crippen molar-refractivity contribution in [3.05, 3.63) is 23.9 Å². The second-order valence-corrected chi connectivity index (χ2v) is 4.57. The molecule has 1 heterocycles. The molecule has 1 fully saturated rings. The zero-order chi connectivity index (χ0) is 12.3. The summed E-state index contributed by atoms with van der Waals surface area (Å²) in [4.78, 5) is 27.2. The van der Waals surface area contributed by atoms with Crippen LogP contribution < -0.4 is 10.9 Å². The molecule has 0 unspecified atom stereocenters. The molecule has 0 spiro atoms. The Labute approximate surface area is 103 Å². The lowest BCUT2D eigenvalue weighted by Gasteiger charge is -2.08. The van der Waals surface area contributed by atoms with Gasteiger partial charge in [-0.3, -0.25) is 20.4 Å². The third-order valence-corrected chi connectivity index (χ3v) is 3.17. The molecule has 2 amide bonds. The van der Waals surface area contributed by atoms with Crippen molar-refractivity contribution >= 4 is 23.6 Å². The van der Waals surface area contributed by atoms with Crippen LogP contribution in [0.15, 0.2) is 23.4 Å². The Morgan fingerprint density at radius 1 is 1.41 bits per heavy atom. The Kier molecular flexibility index (Phi) is 3.63. The number of rotatable bonds is 3. The molecule has 0 saturated heterocycles. The highest BCUT2D eigenvalue weighted by Crippen LogP contribution is 2.28. The normalized spacial score (nSPS) is 14.2. The molecule has 0 aliphatic heterocycles. The van der Waals surface area contributed by atoms with Crippen LogP contribution in [0, 0.1) is 5.92 Å². The van der Waals surface area contributed by atoms with Crippen LogP contribution in [0.25, 0.3) is 0 Å². The van der Waals surface area contributed by atoms with Crippen LogP contribution in [0.1, 0.15) is 23.2 Å². The maximum absolute atomic E-state index is 11.8. The summed E-state index contributed by atoms with van der Waals surface area (Å²) in [6.45, 7) is 0. The van der Waals surface area contributed by atoms with Crippen LogP contribution in [0.3, 0.4) is 0 Å². The molecular weight excluding hydrogens is 238 g/mol. The Hall–Kier alpha value is -1.56. The third-order valence-electron chi connectivity index (χ3n) is 2.46. The highest BCUT2D eigenvalue weighted by atomic mass is 32.2. The van der Waals surface area contributed by atoms with Crippen LogP contribution in [0.5, 0.6) is 0 Å². The van der Waals surface area contributed by atoms with Crippen molar-refractivity contribution in [1.82, 2.24) is 15.8 Å². The summed E-state index contributed by atoms with van der Waals surface area (Å²) in [5, 5.41) is 0.644. The molecule has 0 atom stereocenters. The number of hydrogen-bond donors (Lipinski definition) is 2. The molecule has 17 heavy (non-hydrogen) atoms. The Morgan fingerprint density at radius 3 is 2.82 bits per heavy atom. The van der Waals surface area contributed by atoms with Crippen molar-refractivity contribution in [2.24, 2.45) is 5.92 Å². The van der Waals surface area contributed by atoms with Crippen molar-refractivity contribution in [2.45, 2.75) is 17.9 Å². The number of carbonyl (C=O) groups excluding carboxylic acids is 2. The van der Waals surface area contributed by atoms with E-state index in [0.29, 0.717) is 10.6 Å². The number of thioether (sulfide) groups is 1. The molecule has 5 nitrogen and oxygen atoms in total. The number of carbonyl (C=O) groups is 2. The van der Waals surface area contributed by atoms with Gasteiger partial charge in [-0.15, -0.1) is 11.8 Å². The lowest BCUT2D eigenvalue weighted by Crippen LogP contribution is -2.42. The summed E-state index contributed by atoms with van der Waals surface area (Å²) >= 11 is 1.39. The number of nitrogens with one attached hydrogen (secondary N) is 2. The number of nitrogens with zero attached hydrogens (tertiary/aromatic N) is 1. The molecule has 2 N–H and O–H groups in total. The summed E-state index contributed by atoms with van der Waals surface area (Å²) in [7, 11) is 0. The van der Waals surface area contributed by atoms with Gasteiger partial charge in [-0.25, -0.2) is 4.98 Å². The second-order valence-electron chi connectivity index (χ2n) is 3.78. The Bertz CT molecular complexity index is 446. The molecule has 1 aromatic heterocycles. The smallest absolute Gasteiger partial charge is 0.272 e. The van der Waals surface area contributed by atoms with E-state index in [2.05, 4.69) is 15.8 Å². The molecule has 90 valence electrons. The molecular formula is C11H13N3O2S. The Morgan fingerprint density at radius 2 is 2.18 bits per heavy atom. The molecule has 1 aromatic rings. The summed E-state index contributed by atoms with van der Waals surface area (Å²) in [6, 6.07) is 3.37. The molecule has 0 radical (unpaired) electrons. The van der Waals surface area contributed by atoms with Crippen LogP contribution >= 0.6 is 11.8 Å². The minimum absolute atomic E-state index is 0.0734. The van der Waals surface area contributed by atoms with Crippen LogP contribution in [0.4, 0.5) is 0 Å². The average Bonchev–Trinajstić information content (AvgIpc) is 3.19.